The molecule has 0 aliphatic heterocycles. The van der Waals surface area contributed by atoms with Gasteiger partial charge in [-0.25, -0.2) is 4.98 Å². The SMILES string of the molecule is COc1ccccc1CNCc1ncc(C)o1. The monoisotopic (exact) mass is 232 g/mol. The van der Waals surface area contributed by atoms with Crippen molar-refractivity contribution in [2.45, 2.75) is 20.0 Å². The van der Waals surface area contributed by atoms with E-state index in [4.69, 9.17) is 9.15 Å². The second kappa shape index (κ2) is 5.50. The van der Waals surface area contributed by atoms with Gasteiger partial charge in [0.2, 0.25) is 5.89 Å². The van der Waals surface area contributed by atoms with Crippen molar-refractivity contribution in [3.05, 3.63) is 47.7 Å². The Morgan fingerprint density at radius 3 is 2.82 bits per heavy atom. The van der Waals surface area contributed by atoms with Gasteiger partial charge in [0, 0.05) is 12.1 Å². The zero-order chi connectivity index (χ0) is 12.1. The minimum atomic E-state index is 0.617. The van der Waals surface area contributed by atoms with Gasteiger partial charge in [-0.2, -0.15) is 0 Å². The van der Waals surface area contributed by atoms with Crippen LogP contribution in [0.2, 0.25) is 0 Å². The van der Waals surface area contributed by atoms with Gasteiger partial charge in [-0.1, -0.05) is 18.2 Å². The number of aromatic nitrogens is 1. The molecule has 1 heterocycles. The zero-order valence-corrected chi connectivity index (χ0v) is 10.1. The summed E-state index contributed by atoms with van der Waals surface area (Å²) >= 11 is 0. The number of hydrogen-bond donors (Lipinski definition) is 1. The van der Waals surface area contributed by atoms with E-state index in [0.717, 1.165) is 23.6 Å². The summed E-state index contributed by atoms with van der Waals surface area (Å²) in [6, 6.07) is 7.94. The number of nitrogens with zero attached hydrogens (tertiary/aromatic N) is 1. The molecular formula is C13H16N2O2. The molecule has 1 N–H and O–H groups in total. The first kappa shape index (κ1) is 11.7. The van der Waals surface area contributed by atoms with Crippen molar-refractivity contribution in [3.63, 3.8) is 0 Å². The molecule has 90 valence electrons. The van der Waals surface area contributed by atoms with Crippen LogP contribution < -0.4 is 10.1 Å². The van der Waals surface area contributed by atoms with Crippen molar-refractivity contribution in [3.8, 4) is 5.75 Å². The van der Waals surface area contributed by atoms with Gasteiger partial charge in [-0.05, 0) is 13.0 Å². The highest BCUT2D eigenvalue weighted by atomic mass is 16.5. The maximum atomic E-state index is 5.37. The van der Waals surface area contributed by atoms with Gasteiger partial charge >= 0.3 is 0 Å². The van der Waals surface area contributed by atoms with E-state index in [1.54, 1.807) is 13.3 Å². The summed E-state index contributed by atoms with van der Waals surface area (Å²) in [6.07, 6.45) is 1.72. The van der Waals surface area contributed by atoms with Crippen LogP contribution in [-0.2, 0) is 13.1 Å². The number of para-hydroxylation sites is 1. The molecule has 0 saturated heterocycles. The molecule has 2 rings (SSSR count). The minimum Gasteiger partial charge on any atom is -0.496 e. The summed E-state index contributed by atoms with van der Waals surface area (Å²) in [7, 11) is 1.68. The Morgan fingerprint density at radius 1 is 1.29 bits per heavy atom. The molecule has 0 fully saturated rings. The summed E-state index contributed by atoms with van der Waals surface area (Å²) in [6.45, 7) is 3.23. The van der Waals surface area contributed by atoms with E-state index in [2.05, 4.69) is 10.3 Å². The molecule has 0 amide bonds. The molecule has 0 radical (unpaired) electrons. The third-order valence-corrected chi connectivity index (χ3v) is 2.45. The predicted octanol–water partition coefficient (Wildman–Crippen LogP) is 2.28. The second-order valence-electron chi connectivity index (χ2n) is 3.78. The Bertz CT molecular complexity index is 480. The highest BCUT2D eigenvalue weighted by molar-refractivity contribution is 5.32. The highest BCUT2D eigenvalue weighted by Gasteiger charge is 2.03. The van der Waals surface area contributed by atoms with E-state index >= 15 is 0 Å². The average molecular weight is 232 g/mol. The second-order valence-corrected chi connectivity index (χ2v) is 3.78. The number of ether oxygens (including phenoxy) is 1. The molecule has 0 saturated carbocycles. The van der Waals surface area contributed by atoms with E-state index in [1.165, 1.54) is 0 Å². The van der Waals surface area contributed by atoms with Crippen molar-refractivity contribution in [2.75, 3.05) is 7.11 Å². The summed E-state index contributed by atoms with van der Waals surface area (Å²) in [4.78, 5) is 4.13. The Hall–Kier alpha value is -1.81. The minimum absolute atomic E-state index is 0.617. The highest BCUT2D eigenvalue weighted by Crippen LogP contribution is 2.16. The number of benzene rings is 1. The van der Waals surface area contributed by atoms with Gasteiger partial charge in [0.1, 0.15) is 11.5 Å². The standard InChI is InChI=1S/C13H16N2O2/c1-10-7-15-13(17-10)9-14-8-11-5-3-4-6-12(11)16-2/h3-7,14H,8-9H2,1-2H3. The fourth-order valence-corrected chi connectivity index (χ4v) is 1.64. The van der Waals surface area contributed by atoms with Crippen molar-refractivity contribution in [1.29, 1.82) is 0 Å². The smallest absolute Gasteiger partial charge is 0.208 e. The predicted molar refractivity (Wildman–Crippen MR) is 64.8 cm³/mol. The van der Waals surface area contributed by atoms with Crippen molar-refractivity contribution in [1.82, 2.24) is 10.3 Å². The average Bonchev–Trinajstić information content (AvgIpc) is 2.76. The Labute approximate surface area is 101 Å². The summed E-state index contributed by atoms with van der Waals surface area (Å²) in [5.74, 6) is 2.43. The van der Waals surface area contributed by atoms with Crippen LogP contribution in [0.4, 0.5) is 0 Å². The molecule has 2 aromatic rings. The molecule has 17 heavy (non-hydrogen) atoms. The van der Waals surface area contributed by atoms with Crippen LogP contribution in [0.25, 0.3) is 0 Å². The molecular weight excluding hydrogens is 216 g/mol. The first-order chi connectivity index (χ1) is 8.29. The molecule has 4 heteroatoms. The van der Waals surface area contributed by atoms with Gasteiger partial charge in [-0.15, -0.1) is 0 Å². The quantitative estimate of drug-likeness (QED) is 0.859. The van der Waals surface area contributed by atoms with Gasteiger partial charge in [0.15, 0.2) is 0 Å². The van der Waals surface area contributed by atoms with E-state index in [0.29, 0.717) is 12.4 Å². The molecule has 0 bridgehead atoms. The number of rotatable bonds is 5. The lowest BCUT2D eigenvalue weighted by molar-refractivity contribution is 0.405. The lowest BCUT2D eigenvalue weighted by Gasteiger charge is -2.08. The van der Waals surface area contributed by atoms with Crippen LogP contribution in [0.1, 0.15) is 17.2 Å². The molecule has 1 aromatic carbocycles. The fourth-order valence-electron chi connectivity index (χ4n) is 1.64. The normalized spacial score (nSPS) is 10.5. The lowest BCUT2D eigenvalue weighted by atomic mass is 10.2. The zero-order valence-electron chi connectivity index (χ0n) is 10.1. The third kappa shape index (κ3) is 3.07. The Kier molecular flexibility index (Phi) is 3.77. The molecule has 4 nitrogen and oxygen atoms in total. The third-order valence-electron chi connectivity index (χ3n) is 2.45. The first-order valence-corrected chi connectivity index (χ1v) is 5.53. The van der Waals surface area contributed by atoms with Crippen molar-refractivity contribution >= 4 is 0 Å². The Morgan fingerprint density at radius 2 is 2.12 bits per heavy atom. The Balaban J connectivity index is 1.89. The van der Waals surface area contributed by atoms with Crippen LogP contribution in [0.15, 0.2) is 34.9 Å². The maximum absolute atomic E-state index is 5.37. The lowest BCUT2D eigenvalue weighted by Crippen LogP contribution is -2.13. The first-order valence-electron chi connectivity index (χ1n) is 5.53. The van der Waals surface area contributed by atoms with Crippen LogP contribution in [0.3, 0.4) is 0 Å². The molecule has 0 unspecified atom stereocenters. The topological polar surface area (TPSA) is 47.3 Å². The van der Waals surface area contributed by atoms with Gasteiger partial charge < -0.3 is 14.5 Å². The van der Waals surface area contributed by atoms with Crippen molar-refractivity contribution < 1.29 is 9.15 Å². The van der Waals surface area contributed by atoms with Crippen LogP contribution >= 0.6 is 0 Å². The largest absolute Gasteiger partial charge is 0.496 e. The van der Waals surface area contributed by atoms with Gasteiger partial charge in [0.05, 0.1) is 19.9 Å². The van der Waals surface area contributed by atoms with E-state index in [1.807, 2.05) is 31.2 Å². The summed E-state index contributed by atoms with van der Waals surface area (Å²) < 4.78 is 10.6. The molecule has 0 aliphatic rings. The number of methoxy groups -OCH3 is 1. The van der Waals surface area contributed by atoms with Crippen molar-refractivity contribution in [2.24, 2.45) is 0 Å². The van der Waals surface area contributed by atoms with Crippen LogP contribution in [-0.4, -0.2) is 12.1 Å². The van der Waals surface area contributed by atoms with E-state index in [9.17, 15) is 0 Å². The van der Waals surface area contributed by atoms with Crippen LogP contribution in [0.5, 0.6) is 5.75 Å². The van der Waals surface area contributed by atoms with E-state index < -0.39 is 0 Å². The van der Waals surface area contributed by atoms with Gasteiger partial charge in [-0.3, -0.25) is 0 Å². The molecule has 1 aromatic heterocycles. The molecule has 0 spiro atoms. The fraction of sp³-hybridized carbons (Fsp3) is 0.308. The maximum Gasteiger partial charge on any atom is 0.208 e. The van der Waals surface area contributed by atoms with Gasteiger partial charge in [0.25, 0.3) is 0 Å². The molecule has 0 aliphatic carbocycles. The van der Waals surface area contributed by atoms with Crippen LogP contribution in [0, 0.1) is 6.92 Å². The number of aryl methyl sites for hydroxylation is 1. The summed E-state index contributed by atoms with van der Waals surface area (Å²) in [5.41, 5.74) is 1.12. The number of hydrogen-bond acceptors (Lipinski definition) is 4. The summed E-state index contributed by atoms with van der Waals surface area (Å²) in [5, 5.41) is 3.27. The number of nitrogens with one attached hydrogen (secondary N) is 1. The number of oxazole rings is 1. The molecule has 0 atom stereocenters. The van der Waals surface area contributed by atoms with E-state index in [-0.39, 0.29) is 0 Å².